The molecule has 1 aromatic rings. The first-order chi connectivity index (χ1) is 17.4. The van der Waals surface area contributed by atoms with E-state index in [0.29, 0.717) is 19.3 Å². The molecule has 0 amide bonds. The van der Waals surface area contributed by atoms with Gasteiger partial charge in [0.1, 0.15) is 5.60 Å². The van der Waals surface area contributed by atoms with Crippen molar-refractivity contribution in [1.29, 1.82) is 0 Å². The molecular weight excluding hydrogens is 495 g/mol. The topological polar surface area (TPSA) is 52.6 Å². The highest BCUT2D eigenvalue weighted by atomic mass is 19.2. The highest BCUT2D eigenvalue weighted by Crippen LogP contribution is 2.29. The van der Waals surface area contributed by atoms with E-state index in [1.165, 1.54) is 0 Å². The zero-order valence-corrected chi connectivity index (χ0v) is 22.9. The van der Waals surface area contributed by atoms with Crippen LogP contribution in [0.4, 0.5) is 22.0 Å². The summed E-state index contributed by atoms with van der Waals surface area (Å²) < 4.78 is 75.9. The highest BCUT2D eigenvalue weighted by Gasteiger charge is 2.28. The van der Waals surface area contributed by atoms with Crippen LogP contribution in [0.3, 0.4) is 0 Å². The number of hydrogen-bond acceptors (Lipinski definition) is 4. The van der Waals surface area contributed by atoms with Gasteiger partial charge in [0.15, 0.2) is 0 Å². The van der Waals surface area contributed by atoms with Gasteiger partial charge in [-0.25, -0.2) is 13.2 Å². The molecule has 0 N–H and O–H groups in total. The first-order valence-corrected chi connectivity index (χ1v) is 13.4. The number of carbonyl (C=O) groups is 2. The van der Waals surface area contributed by atoms with Crippen molar-refractivity contribution in [3.05, 3.63) is 29.1 Å². The molecule has 0 aliphatic rings. The Balaban J connectivity index is 0.00000631. The molecular formula is C28H43F5O4. The van der Waals surface area contributed by atoms with Crippen molar-refractivity contribution in [2.24, 2.45) is 0 Å². The Bertz CT molecular complexity index is 793. The van der Waals surface area contributed by atoms with E-state index < -0.39 is 46.4 Å². The van der Waals surface area contributed by atoms with Crippen LogP contribution >= 0.6 is 0 Å². The van der Waals surface area contributed by atoms with E-state index in [2.05, 4.69) is 4.74 Å². The van der Waals surface area contributed by atoms with Crippen LogP contribution in [0.15, 0.2) is 0 Å². The first-order valence-electron chi connectivity index (χ1n) is 13.4. The van der Waals surface area contributed by atoms with Gasteiger partial charge in [-0.1, -0.05) is 78.1 Å². The van der Waals surface area contributed by atoms with Crippen LogP contribution < -0.4 is 4.74 Å². The minimum absolute atomic E-state index is 0.143. The van der Waals surface area contributed by atoms with Gasteiger partial charge in [-0.15, -0.1) is 0 Å². The third-order valence-electron chi connectivity index (χ3n) is 5.32. The second kappa shape index (κ2) is 19.0. The lowest BCUT2D eigenvalue weighted by Gasteiger charge is -2.19. The SMILES string of the molecule is CC.CC(C)(C)OC(=O)CCCCCCCCCCCCCCC(=O)Oc1c(F)c(F)c(F)c(F)c1F. The molecule has 0 aliphatic carbocycles. The lowest BCUT2D eigenvalue weighted by molar-refractivity contribution is -0.155. The number of ether oxygens (including phenoxy) is 2. The van der Waals surface area contributed by atoms with Gasteiger partial charge in [0.05, 0.1) is 0 Å². The average molecular weight is 539 g/mol. The molecule has 4 nitrogen and oxygen atoms in total. The van der Waals surface area contributed by atoms with Crippen molar-refractivity contribution in [2.75, 3.05) is 0 Å². The normalized spacial score (nSPS) is 11.1. The monoisotopic (exact) mass is 538 g/mol. The maximum absolute atomic E-state index is 13.5. The molecule has 214 valence electrons. The minimum atomic E-state index is -2.30. The summed E-state index contributed by atoms with van der Waals surface area (Å²) in [6.45, 7) is 9.58. The average Bonchev–Trinajstić information content (AvgIpc) is 2.84. The molecule has 9 heteroatoms. The van der Waals surface area contributed by atoms with Gasteiger partial charge in [-0.3, -0.25) is 9.59 Å². The van der Waals surface area contributed by atoms with Crippen molar-refractivity contribution in [2.45, 2.75) is 130 Å². The van der Waals surface area contributed by atoms with Crippen LogP contribution in [0, 0.1) is 29.1 Å². The zero-order valence-electron chi connectivity index (χ0n) is 22.9. The predicted octanol–water partition coefficient (Wildman–Crippen LogP) is 9.12. The van der Waals surface area contributed by atoms with Gasteiger partial charge in [0.25, 0.3) is 0 Å². The molecule has 0 atom stereocenters. The van der Waals surface area contributed by atoms with E-state index in [-0.39, 0.29) is 12.4 Å². The summed E-state index contributed by atoms with van der Waals surface area (Å²) in [5, 5.41) is 0. The fraction of sp³-hybridized carbons (Fsp3) is 0.714. The van der Waals surface area contributed by atoms with Gasteiger partial charge in [0.2, 0.25) is 34.8 Å². The smallest absolute Gasteiger partial charge is 0.311 e. The minimum Gasteiger partial charge on any atom is -0.460 e. The molecule has 0 fully saturated rings. The Morgan fingerprint density at radius 1 is 0.541 bits per heavy atom. The quantitative estimate of drug-likeness (QED) is 0.0526. The Labute approximate surface area is 218 Å². The first kappa shape index (κ1) is 34.8. The standard InChI is InChI=1S/C26H37F5O4.C2H6/c1-26(2,3)35-19(33)17-15-13-11-9-7-5-4-6-8-10-12-14-16-18(32)34-25-23(30)21(28)20(27)22(29)24(25)31;1-2/h4-17H2,1-3H3;1-2H3. The van der Waals surface area contributed by atoms with E-state index in [9.17, 15) is 31.5 Å². The van der Waals surface area contributed by atoms with E-state index in [1.54, 1.807) is 0 Å². The highest BCUT2D eigenvalue weighted by molar-refractivity contribution is 5.72. The van der Waals surface area contributed by atoms with Gasteiger partial charge in [-0.2, -0.15) is 8.78 Å². The lowest BCUT2D eigenvalue weighted by atomic mass is 10.0. The molecule has 1 aromatic carbocycles. The van der Waals surface area contributed by atoms with Crippen molar-refractivity contribution in [3.8, 4) is 5.75 Å². The predicted molar refractivity (Wildman–Crippen MR) is 134 cm³/mol. The molecule has 0 spiro atoms. The fourth-order valence-corrected chi connectivity index (χ4v) is 3.54. The third-order valence-corrected chi connectivity index (χ3v) is 5.32. The van der Waals surface area contributed by atoms with Crippen LogP contribution in [0.2, 0.25) is 0 Å². The molecule has 0 unspecified atom stereocenters. The number of unbranched alkanes of at least 4 members (excludes halogenated alkanes) is 11. The number of halogens is 5. The summed E-state index contributed by atoms with van der Waals surface area (Å²) in [4.78, 5) is 23.3. The molecule has 0 radical (unpaired) electrons. The molecule has 0 saturated heterocycles. The Hall–Kier alpha value is -2.19. The Kier molecular flexibility index (Phi) is 17.8. The van der Waals surface area contributed by atoms with Gasteiger partial charge in [-0.05, 0) is 33.6 Å². The van der Waals surface area contributed by atoms with Crippen LogP contribution in [0.25, 0.3) is 0 Å². The van der Waals surface area contributed by atoms with E-state index in [0.717, 1.165) is 64.2 Å². The molecule has 37 heavy (non-hydrogen) atoms. The summed E-state index contributed by atoms with van der Waals surface area (Å²) in [6.07, 6.45) is 11.8. The number of hydrogen-bond donors (Lipinski definition) is 0. The number of benzene rings is 1. The van der Waals surface area contributed by atoms with Gasteiger partial charge < -0.3 is 9.47 Å². The molecule has 0 aliphatic heterocycles. The second-order valence-electron chi connectivity index (χ2n) is 9.70. The van der Waals surface area contributed by atoms with Crippen LogP contribution in [-0.4, -0.2) is 17.5 Å². The zero-order chi connectivity index (χ0) is 28.4. The van der Waals surface area contributed by atoms with Crippen LogP contribution in [0.5, 0.6) is 5.75 Å². The van der Waals surface area contributed by atoms with Crippen LogP contribution in [-0.2, 0) is 14.3 Å². The van der Waals surface area contributed by atoms with E-state index >= 15 is 0 Å². The Morgan fingerprint density at radius 3 is 1.19 bits per heavy atom. The molecule has 0 heterocycles. The third kappa shape index (κ3) is 15.0. The lowest BCUT2D eigenvalue weighted by Crippen LogP contribution is -2.23. The number of esters is 2. The van der Waals surface area contributed by atoms with Crippen molar-refractivity contribution in [3.63, 3.8) is 0 Å². The molecule has 0 saturated carbocycles. The summed E-state index contributed by atoms with van der Waals surface area (Å²) in [5.41, 5.74) is -0.431. The number of rotatable bonds is 16. The molecule has 1 rings (SSSR count). The van der Waals surface area contributed by atoms with Gasteiger partial charge >= 0.3 is 11.9 Å². The van der Waals surface area contributed by atoms with Crippen molar-refractivity contribution in [1.82, 2.24) is 0 Å². The van der Waals surface area contributed by atoms with Crippen molar-refractivity contribution < 1.29 is 41.0 Å². The fourth-order valence-electron chi connectivity index (χ4n) is 3.54. The van der Waals surface area contributed by atoms with E-state index in [1.807, 2.05) is 34.6 Å². The van der Waals surface area contributed by atoms with E-state index in [4.69, 9.17) is 4.74 Å². The van der Waals surface area contributed by atoms with Crippen molar-refractivity contribution >= 4 is 11.9 Å². The second-order valence-corrected chi connectivity index (χ2v) is 9.70. The summed E-state index contributed by atoms with van der Waals surface area (Å²) in [5.74, 6) is -13.7. The summed E-state index contributed by atoms with van der Waals surface area (Å²) in [7, 11) is 0. The number of carbonyl (C=O) groups excluding carboxylic acids is 2. The van der Waals surface area contributed by atoms with Gasteiger partial charge in [0, 0.05) is 12.8 Å². The molecule has 0 bridgehead atoms. The maximum Gasteiger partial charge on any atom is 0.311 e. The largest absolute Gasteiger partial charge is 0.460 e. The Morgan fingerprint density at radius 2 is 0.838 bits per heavy atom. The van der Waals surface area contributed by atoms with Crippen LogP contribution in [0.1, 0.15) is 125 Å². The maximum atomic E-state index is 13.5. The molecule has 0 aromatic heterocycles. The summed E-state index contributed by atoms with van der Waals surface area (Å²) >= 11 is 0. The summed E-state index contributed by atoms with van der Waals surface area (Å²) in [6, 6.07) is 0.